The monoisotopic (exact) mass is 466 g/mol. The van der Waals surface area contributed by atoms with Crippen LogP contribution < -0.4 is 14.9 Å². The Morgan fingerprint density at radius 2 is 1.53 bits per heavy atom. The van der Waals surface area contributed by atoms with Crippen LogP contribution >= 0.6 is 0 Å². The topological polar surface area (TPSA) is 77.0 Å². The van der Waals surface area contributed by atoms with Crippen LogP contribution in [0.3, 0.4) is 0 Å². The number of nitrogens with zero attached hydrogens (tertiary/aromatic N) is 1. The molecule has 0 bridgehead atoms. The van der Waals surface area contributed by atoms with Crippen LogP contribution in [0, 0.1) is 6.92 Å². The van der Waals surface area contributed by atoms with Crippen molar-refractivity contribution in [3.8, 4) is 11.5 Å². The molecule has 0 spiro atoms. The molecule has 0 atom stereocenters. The summed E-state index contributed by atoms with van der Waals surface area (Å²) in [6, 6.07) is 12.3. The van der Waals surface area contributed by atoms with Gasteiger partial charge in [-0.05, 0) is 49.2 Å². The normalized spacial score (nSPS) is 10.9. The smallest absolute Gasteiger partial charge is 0.343 e. The Labute approximate surface area is 203 Å². The number of aryl methyl sites for hydroxylation is 1. The minimum atomic E-state index is -0.455. The number of amides is 1. The molecule has 0 saturated carbocycles. The molecule has 1 N–H and O–H groups in total. The van der Waals surface area contributed by atoms with Gasteiger partial charge < -0.3 is 9.47 Å². The van der Waals surface area contributed by atoms with Crippen molar-refractivity contribution in [1.82, 2.24) is 5.43 Å². The van der Waals surface area contributed by atoms with Gasteiger partial charge in [0.05, 0.1) is 18.9 Å². The third kappa shape index (κ3) is 10.2. The first-order valence-corrected chi connectivity index (χ1v) is 12.3. The number of benzene rings is 2. The molecule has 0 fully saturated rings. The predicted octanol–water partition coefficient (Wildman–Crippen LogP) is 6.59. The Kier molecular flexibility index (Phi) is 12.5. The van der Waals surface area contributed by atoms with Gasteiger partial charge in [0.2, 0.25) is 5.91 Å². The van der Waals surface area contributed by atoms with Gasteiger partial charge in [-0.1, -0.05) is 76.0 Å². The molecule has 2 aromatic rings. The van der Waals surface area contributed by atoms with E-state index in [-0.39, 0.29) is 5.91 Å². The fourth-order valence-corrected chi connectivity index (χ4v) is 3.53. The van der Waals surface area contributed by atoms with Gasteiger partial charge in [0.1, 0.15) is 0 Å². The zero-order valence-corrected chi connectivity index (χ0v) is 20.8. The molecule has 0 saturated heterocycles. The van der Waals surface area contributed by atoms with Crippen molar-refractivity contribution in [3.63, 3.8) is 0 Å². The molecule has 0 aliphatic carbocycles. The van der Waals surface area contributed by atoms with E-state index in [0.717, 1.165) is 24.0 Å². The van der Waals surface area contributed by atoms with Crippen molar-refractivity contribution in [2.24, 2.45) is 5.10 Å². The van der Waals surface area contributed by atoms with E-state index in [1.54, 1.807) is 36.5 Å². The van der Waals surface area contributed by atoms with E-state index >= 15 is 0 Å². The minimum Gasteiger partial charge on any atom is -0.493 e. The van der Waals surface area contributed by atoms with E-state index in [4.69, 9.17) is 9.47 Å². The lowest BCUT2D eigenvalue weighted by atomic mass is 10.1. The van der Waals surface area contributed by atoms with Crippen molar-refractivity contribution in [3.05, 3.63) is 59.2 Å². The van der Waals surface area contributed by atoms with E-state index in [2.05, 4.69) is 17.5 Å². The highest BCUT2D eigenvalue weighted by Crippen LogP contribution is 2.28. The van der Waals surface area contributed by atoms with Crippen molar-refractivity contribution >= 4 is 18.1 Å². The first-order valence-electron chi connectivity index (χ1n) is 12.3. The van der Waals surface area contributed by atoms with Crippen LogP contribution in [0.1, 0.15) is 92.6 Å². The maximum atomic E-state index is 12.4. The van der Waals surface area contributed by atoms with Crippen molar-refractivity contribution < 1.29 is 19.1 Å². The van der Waals surface area contributed by atoms with E-state index in [1.807, 2.05) is 19.1 Å². The van der Waals surface area contributed by atoms with Gasteiger partial charge in [-0.25, -0.2) is 10.2 Å². The summed E-state index contributed by atoms with van der Waals surface area (Å²) in [5.74, 6) is 0.184. The average molecular weight is 467 g/mol. The van der Waals surface area contributed by atoms with E-state index in [9.17, 15) is 9.59 Å². The van der Waals surface area contributed by atoms with Crippen molar-refractivity contribution in [1.29, 1.82) is 0 Å². The number of carbonyl (C=O) groups is 2. The molecule has 0 aliphatic heterocycles. The summed E-state index contributed by atoms with van der Waals surface area (Å²) in [5, 5.41) is 4.03. The van der Waals surface area contributed by atoms with Crippen LogP contribution in [0.2, 0.25) is 0 Å². The second kappa shape index (κ2) is 15.6. The van der Waals surface area contributed by atoms with Gasteiger partial charge in [0.15, 0.2) is 11.5 Å². The van der Waals surface area contributed by atoms with Gasteiger partial charge in [-0.2, -0.15) is 5.10 Å². The first-order chi connectivity index (χ1) is 16.5. The molecular weight excluding hydrogens is 428 g/mol. The number of nitrogens with one attached hydrogen (secondary N) is 1. The average Bonchev–Trinajstić information content (AvgIpc) is 2.84. The zero-order chi connectivity index (χ0) is 24.6. The van der Waals surface area contributed by atoms with Gasteiger partial charge in [0.25, 0.3) is 0 Å². The number of hydrogen-bond donors (Lipinski definition) is 1. The molecule has 6 nitrogen and oxygen atoms in total. The summed E-state index contributed by atoms with van der Waals surface area (Å²) in [6.45, 7) is 4.19. The maximum absolute atomic E-state index is 12.4. The Morgan fingerprint density at radius 3 is 2.18 bits per heavy atom. The van der Waals surface area contributed by atoms with Gasteiger partial charge in [-0.3, -0.25) is 4.79 Å². The van der Waals surface area contributed by atoms with Crippen LogP contribution in [0.25, 0.3) is 0 Å². The molecule has 0 unspecified atom stereocenters. The highest BCUT2D eigenvalue weighted by molar-refractivity contribution is 5.91. The summed E-state index contributed by atoms with van der Waals surface area (Å²) in [5.41, 5.74) is 4.82. The van der Waals surface area contributed by atoms with Crippen LogP contribution in [0.4, 0.5) is 0 Å². The number of carbonyl (C=O) groups excluding carboxylic acids is 2. The first kappa shape index (κ1) is 27.1. The quantitative estimate of drug-likeness (QED) is 0.106. The standard InChI is InChI=1S/C28H38N2O4/c1-4-5-6-7-8-9-10-11-12-13-27(31)30-29-21-23-16-19-25(26(20-23)33-3)34-28(32)24-17-14-22(2)15-18-24/h14-21H,4-13H2,1-3H3,(H,30,31)/b29-21+. The molecule has 0 aliphatic rings. The zero-order valence-electron chi connectivity index (χ0n) is 20.8. The van der Waals surface area contributed by atoms with Crippen molar-refractivity contribution in [2.45, 2.75) is 78.1 Å². The molecule has 2 rings (SSSR count). The van der Waals surface area contributed by atoms with E-state index < -0.39 is 5.97 Å². The summed E-state index contributed by atoms with van der Waals surface area (Å²) in [4.78, 5) is 24.4. The third-order valence-corrected chi connectivity index (χ3v) is 5.59. The van der Waals surface area contributed by atoms with Gasteiger partial charge in [0, 0.05) is 6.42 Å². The lowest BCUT2D eigenvalue weighted by molar-refractivity contribution is -0.121. The molecule has 34 heavy (non-hydrogen) atoms. The van der Waals surface area contributed by atoms with Crippen LogP contribution in [0.15, 0.2) is 47.6 Å². The molecule has 2 aromatic carbocycles. The molecule has 0 radical (unpaired) electrons. The molecule has 184 valence electrons. The highest BCUT2D eigenvalue weighted by Gasteiger charge is 2.12. The fraction of sp³-hybridized carbons (Fsp3) is 0.464. The molecule has 0 aromatic heterocycles. The number of rotatable bonds is 15. The van der Waals surface area contributed by atoms with Crippen molar-refractivity contribution in [2.75, 3.05) is 7.11 Å². The van der Waals surface area contributed by atoms with Crippen LogP contribution in [-0.2, 0) is 4.79 Å². The maximum Gasteiger partial charge on any atom is 0.343 e. The summed E-state index contributed by atoms with van der Waals surface area (Å²) < 4.78 is 10.8. The largest absolute Gasteiger partial charge is 0.493 e. The van der Waals surface area contributed by atoms with Crippen LogP contribution in [-0.4, -0.2) is 25.2 Å². The Morgan fingerprint density at radius 1 is 0.882 bits per heavy atom. The van der Waals surface area contributed by atoms with Gasteiger partial charge in [-0.15, -0.1) is 0 Å². The Bertz CT molecular complexity index is 923. The fourth-order valence-electron chi connectivity index (χ4n) is 3.53. The second-order valence-corrected chi connectivity index (χ2v) is 8.54. The number of methoxy groups -OCH3 is 1. The predicted molar refractivity (Wildman–Crippen MR) is 137 cm³/mol. The second-order valence-electron chi connectivity index (χ2n) is 8.54. The number of hydrogen-bond acceptors (Lipinski definition) is 5. The summed E-state index contributed by atoms with van der Waals surface area (Å²) in [6.07, 6.45) is 13.0. The molecule has 0 heterocycles. The third-order valence-electron chi connectivity index (χ3n) is 5.59. The Hall–Kier alpha value is -3.15. The van der Waals surface area contributed by atoms with E-state index in [0.29, 0.717) is 23.5 Å². The summed E-state index contributed by atoms with van der Waals surface area (Å²) >= 11 is 0. The van der Waals surface area contributed by atoms with Crippen LogP contribution in [0.5, 0.6) is 11.5 Å². The van der Waals surface area contributed by atoms with E-state index in [1.165, 1.54) is 52.1 Å². The lowest BCUT2D eigenvalue weighted by Crippen LogP contribution is -2.16. The summed E-state index contributed by atoms with van der Waals surface area (Å²) in [7, 11) is 1.51. The Balaban J connectivity index is 1.73. The number of hydrazone groups is 1. The number of unbranched alkanes of at least 4 members (excludes halogenated alkanes) is 8. The number of esters is 1. The minimum absolute atomic E-state index is 0.0881. The molecule has 6 heteroatoms. The molecule has 1 amide bonds. The molecular formula is C28H38N2O4. The number of ether oxygens (including phenoxy) is 2. The van der Waals surface area contributed by atoms with Gasteiger partial charge >= 0.3 is 5.97 Å². The SMILES string of the molecule is CCCCCCCCCCCC(=O)N/N=C/c1ccc(OC(=O)c2ccc(C)cc2)c(OC)c1. The highest BCUT2D eigenvalue weighted by atomic mass is 16.6. The lowest BCUT2D eigenvalue weighted by Gasteiger charge is -2.10.